The lowest BCUT2D eigenvalue weighted by Crippen LogP contribution is -2.29. The first kappa shape index (κ1) is 15.8. The zero-order valence-corrected chi connectivity index (χ0v) is 14.0. The molecule has 0 aliphatic carbocycles. The second-order valence-electron chi connectivity index (χ2n) is 4.83. The van der Waals surface area contributed by atoms with Gasteiger partial charge in [0.2, 0.25) is 0 Å². The van der Waals surface area contributed by atoms with Gasteiger partial charge in [-0.25, -0.2) is 4.79 Å². The molecule has 21 heavy (non-hydrogen) atoms. The summed E-state index contributed by atoms with van der Waals surface area (Å²) in [6.45, 7) is 0.697. The van der Waals surface area contributed by atoms with Crippen molar-refractivity contribution in [2.45, 2.75) is 19.3 Å². The zero-order chi connectivity index (χ0) is 14.9. The molecule has 2 aromatic carbocycles. The number of amides is 2. The Bertz CT molecular complexity index is 572. The van der Waals surface area contributed by atoms with E-state index in [1.54, 1.807) is 0 Å². The lowest BCUT2D eigenvalue weighted by molar-refractivity contribution is 0.252. The number of carbonyl (C=O) groups is 1. The molecule has 4 heteroatoms. The van der Waals surface area contributed by atoms with Gasteiger partial charge in [-0.2, -0.15) is 0 Å². The van der Waals surface area contributed by atoms with Crippen molar-refractivity contribution < 1.29 is 4.79 Å². The number of carbonyl (C=O) groups excluding carboxylic acids is 1. The lowest BCUT2D eigenvalue weighted by Gasteiger charge is -2.08. The Labute approximate surface area is 139 Å². The second-order valence-corrected chi connectivity index (χ2v) is 6.08. The highest BCUT2D eigenvalue weighted by molar-refractivity contribution is 14.1. The minimum atomic E-state index is -0.142. The average Bonchev–Trinajstić information content (AvgIpc) is 2.48. The summed E-state index contributed by atoms with van der Waals surface area (Å²) in [5.41, 5.74) is 2.17. The number of anilines is 1. The van der Waals surface area contributed by atoms with Crippen LogP contribution in [0.25, 0.3) is 0 Å². The van der Waals surface area contributed by atoms with Gasteiger partial charge in [-0.05, 0) is 65.6 Å². The molecule has 3 nitrogen and oxygen atoms in total. The SMILES string of the molecule is O=C(NCCCCc1ccccc1)Nc1cccc(I)c1. The van der Waals surface area contributed by atoms with Crippen molar-refractivity contribution in [3.63, 3.8) is 0 Å². The van der Waals surface area contributed by atoms with Crippen molar-refractivity contribution in [2.24, 2.45) is 0 Å². The van der Waals surface area contributed by atoms with Gasteiger partial charge >= 0.3 is 6.03 Å². The Morgan fingerprint density at radius 1 is 1.00 bits per heavy atom. The number of rotatable bonds is 6. The number of unbranched alkanes of at least 4 members (excludes halogenated alkanes) is 1. The van der Waals surface area contributed by atoms with Crippen molar-refractivity contribution >= 4 is 34.3 Å². The van der Waals surface area contributed by atoms with E-state index in [9.17, 15) is 4.79 Å². The van der Waals surface area contributed by atoms with Crippen molar-refractivity contribution in [3.8, 4) is 0 Å². The van der Waals surface area contributed by atoms with E-state index in [-0.39, 0.29) is 6.03 Å². The van der Waals surface area contributed by atoms with E-state index in [1.807, 2.05) is 30.3 Å². The second kappa shape index (κ2) is 8.67. The van der Waals surface area contributed by atoms with Crippen LogP contribution < -0.4 is 10.6 Å². The molecule has 0 spiro atoms. The Kier molecular flexibility index (Phi) is 6.53. The summed E-state index contributed by atoms with van der Waals surface area (Å²) >= 11 is 2.23. The van der Waals surface area contributed by atoms with Gasteiger partial charge in [0.05, 0.1) is 0 Å². The Morgan fingerprint density at radius 2 is 1.81 bits per heavy atom. The average molecular weight is 394 g/mol. The van der Waals surface area contributed by atoms with Gasteiger partial charge in [0, 0.05) is 15.8 Å². The van der Waals surface area contributed by atoms with E-state index >= 15 is 0 Å². The molecule has 0 bridgehead atoms. The van der Waals surface area contributed by atoms with Crippen LogP contribution in [0.3, 0.4) is 0 Å². The van der Waals surface area contributed by atoms with E-state index in [2.05, 4.69) is 57.5 Å². The van der Waals surface area contributed by atoms with Crippen LogP contribution in [-0.2, 0) is 6.42 Å². The molecule has 2 amide bonds. The molecule has 0 aliphatic rings. The molecule has 2 aromatic rings. The molecule has 0 atom stereocenters. The minimum Gasteiger partial charge on any atom is -0.338 e. The van der Waals surface area contributed by atoms with Crippen molar-refractivity contribution in [1.82, 2.24) is 5.32 Å². The van der Waals surface area contributed by atoms with Gasteiger partial charge in [0.1, 0.15) is 0 Å². The van der Waals surface area contributed by atoms with Gasteiger partial charge < -0.3 is 10.6 Å². The van der Waals surface area contributed by atoms with Crippen LogP contribution in [0, 0.1) is 3.57 Å². The van der Waals surface area contributed by atoms with Gasteiger partial charge in [-0.15, -0.1) is 0 Å². The molecular formula is C17H19IN2O. The summed E-state index contributed by atoms with van der Waals surface area (Å²) < 4.78 is 1.10. The predicted molar refractivity (Wildman–Crippen MR) is 95.6 cm³/mol. The molecule has 0 fully saturated rings. The van der Waals surface area contributed by atoms with Crippen molar-refractivity contribution in [2.75, 3.05) is 11.9 Å². The van der Waals surface area contributed by atoms with Crippen LogP contribution >= 0.6 is 22.6 Å². The summed E-state index contributed by atoms with van der Waals surface area (Å²) in [7, 11) is 0. The van der Waals surface area contributed by atoms with Gasteiger partial charge in [0.15, 0.2) is 0 Å². The maximum absolute atomic E-state index is 11.7. The molecule has 0 saturated heterocycles. The summed E-state index contributed by atoms with van der Waals surface area (Å²) in [6, 6.07) is 18.0. The van der Waals surface area contributed by atoms with Crippen LogP contribution in [-0.4, -0.2) is 12.6 Å². The molecule has 110 valence electrons. The van der Waals surface area contributed by atoms with Crippen LogP contribution in [0.1, 0.15) is 18.4 Å². The normalized spacial score (nSPS) is 10.1. The van der Waals surface area contributed by atoms with Crippen LogP contribution in [0.5, 0.6) is 0 Å². The number of urea groups is 1. The van der Waals surface area contributed by atoms with Crippen molar-refractivity contribution in [1.29, 1.82) is 0 Å². The van der Waals surface area contributed by atoms with Crippen LogP contribution in [0.2, 0.25) is 0 Å². The summed E-state index contributed by atoms with van der Waals surface area (Å²) in [4.78, 5) is 11.7. The van der Waals surface area contributed by atoms with E-state index < -0.39 is 0 Å². The quantitative estimate of drug-likeness (QED) is 0.552. The smallest absolute Gasteiger partial charge is 0.319 e. The number of aryl methyl sites for hydroxylation is 1. The number of hydrogen-bond acceptors (Lipinski definition) is 1. The molecular weight excluding hydrogens is 375 g/mol. The maximum atomic E-state index is 11.7. The molecule has 0 radical (unpaired) electrons. The number of halogens is 1. The number of benzene rings is 2. The monoisotopic (exact) mass is 394 g/mol. The minimum absolute atomic E-state index is 0.142. The molecule has 2 rings (SSSR count). The first-order valence-electron chi connectivity index (χ1n) is 7.08. The topological polar surface area (TPSA) is 41.1 Å². The predicted octanol–water partition coefficient (Wildman–Crippen LogP) is 4.44. The van der Waals surface area contributed by atoms with Gasteiger partial charge in [-0.1, -0.05) is 36.4 Å². The van der Waals surface area contributed by atoms with E-state index in [4.69, 9.17) is 0 Å². The van der Waals surface area contributed by atoms with Gasteiger partial charge in [0.25, 0.3) is 0 Å². The first-order valence-corrected chi connectivity index (χ1v) is 8.16. The molecule has 0 aromatic heterocycles. The third-order valence-electron chi connectivity index (χ3n) is 3.10. The Balaban J connectivity index is 1.61. The van der Waals surface area contributed by atoms with Crippen LogP contribution in [0.4, 0.5) is 10.5 Å². The molecule has 0 unspecified atom stereocenters. The third kappa shape index (κ3) is 6.16. The maximum Gasteiger partial charge on any atom is 0.319 e. The standard InChI is InChI=1S/C17H19IN2O/c18-15-10-6-11-16(13-15)20-17(21)19-12-5-4-9-14-7-2-1-3-8-14/h1-3,6-8,10-11,13H,4-5,9,12H2,(H2,19,20,21). The number of hydrogen-bond donors (Lipinski definition) is 2. The fourth-order valence-corrected chi connectivity index (χ4v) is 2.59. The Hall–Kier alpha value is -1.56. The zero-order valence-electron chi connectivity index (χ0n) is 11.8. The molecule has 2 N–H and O–H groups in total. The molecule has 0 heterocycles. The highest BCUT2D eigenvalue weighted by atomic mass is 127. The number of nitrogens with one attached hydrogen (secondary N) is 2. The lowest BCUT2D eigenvalue weighted by atomic mass is 10.1. The highest BCUT2D eigenvalue weighted by Gasteiger charge is 2.01. The van der Waals surface area contributed by atoms with E-state index in [0.29, 0.717) is 6.54 Å². The largest absolute Gasteiger partial charge is 0.338 e. The van der Waals surface area contributed by atoms with Crippen LogP contribution in [0.15, 0.2) is 54.6 Å². The summed E-state index contributed by atoms with van der Waals surface area (Å²) in [6.07, 6.45) is 3.11. The van der Waals surface area contributed by atoms with Crippen molar-refractivity contribution in [3.05, 3.63) is 63.7 Å². The third-order valence-corrected chi connectivity index (χ3v) is 3.77. The summed E-state index contributed by atoms with van der Waals surface area (Å²) in [5.74, 6) is 0. The molecule has 0 saturated carbocycles. The summed E-state index contributed by atoms with van der Waals surface area (Å²) in [5, 5.41) is 5.72. The Morgan fingerprint density at radius 3 is 2.57 bits per heavy atom. The van der Waals surface area contributed by atoms with Gasteiger partial charge in [-0.3, -0.25) is 0 Å². The fourth-order valence-electron chi connectivity index (χ4n) is 2.04. The fraction of sp³-hybridized carbons (Fsp3) is 0.235. The highest BCUT2D eigenvalue weighted by Crippen LogP contribution is 2.12. The van der Waals surface area contributed by atoms with E-state index in [1.165, 1.54) is 5.56 Å². The van der Waals surface area contributed by atoms with E-state index in [0.717, 1.165) is 28.5 Å². The first-order chi connectivity index (χ1) is 10.2. The molecule has 0 aliphatic heterocycles.